The molecule has 0 aliphatic rings. The zero-order valence-electron chi connectivity index (χ0n) is 27.8. The predicted octanol–water partition coefficient (Wildman–Crippen LogP) is 14.0. The summed E-state index contributed by atoms with van der Waals surface area (Å²) in [6.45, 7) is 11.2. The Morgan fingerprint density at radius 2 is 0.917 bits per heavy atom. The van der Waals surface area contributed by atoms with Gasteiger partial charge >= 0.3 is 0 Å². The van der Waals surface area contributed by atoms with Crippen molar-refractivity contribution in [3.8, 4) is 33.4 Å². The first-order chi connectivity index (χ1) is 23.4. The average molecular weight is 615 g/mol. The molecule has 0 radical (unpaired) electrons. The van der Waals surface area contributed by atoms with Crippen LogP contribution in [0.25, 0.3) is 88.6 Å². The van der Waals surface area contributed by atoms with Crippen molar-refractivity contribution in [2.45, 2.75) is 20.8 Å². The minimum absolute atomic E-state index is 0.0265. The van der Waals surface area contributed by atoms with Crippen LogP contribution in [0.4, 0.5) is 0 Å². The van der Waals surface area contributed by atoms with E-state index in [-0.39, 0.29) is 5.41 Å². The molecule has 0 amide bonds. The molecule has 0 heterocycles. The van der Waals surface area contributed by atoms with Crippen molar-refractivity contribution in [3.63, 3.8) is 0 Å². The van der Waals surface area contributed by atoms with Gasteiger partial charge in [0.15, 0.2) is 0 Å². The largest absolute Gasteiger partial charge is 0.0984 e. The normalized spacial score (nSPS) is 12.1. The number of hydrogen-bond acceptors (Lipinski definition) is 0. The summed E-state index contributed by atoms with van der Waals surface area (Å²) in [7, 11) is 0. The van der Waals surface area contributed by atoms with E-state index in [1.807, 2.05) is 0 Å². The standard InChI is InChI=1S/C48H38/c1-5-40-45(28-29-48(2,3)4)47(39-25-20-32-12-6-7-14-36(32)31-39)44-17-11-10-16-43(44)46(40)35-22-18-33(19-23-35)37-26-27-42-38(30-37)24-21-34-13-8-9-15-41(34)42/h5-31H,1H2,2-4H3/b29-28+. The second-order valence-electron chi connectivity index (χ2n) is 13.9. The summed E-state index contributed by atoms with van der Waals surface area (Å²) in [6, 6.07) is 53.3. The minimum Gasteiger partial charge on any atom is -0.0984 e. The highest BCUT2D eigenvalue weighted by Gasteiger charge is 2.20. The second kappa shape index (κ2) is 11.8. The SMILES string of the molecule is C=Cc1c(/C=C/C(C)(C)C)c(-c2ccc3ccccc3c2)c2ccccc2c1-c1ccc(-c2ccc3c(ccc4ccccc43)c2)cc1. The summed E-state index contributed by atoms with van der Waals surface area (Å²) < 4.78 is 0. The first kappa shape index (κ1) is 29.7. The van der Waals surface area contributed by atoms with Gasteiger partial charge in [-0.15, -0.1) is 0 Å². The summed E-state index contributed by atoms with van der Waals surface area (Å²) in [5, 5.41) is 10.1. The molecule has 0 fully saturated rings. The smallest absolute Gasteiger partial charge is 0.00263 e. The van der Waals surface area contributed by atoms with Crippen LogP contribution in [0.2, 0.25) is 0 Å². The van der Waals surface area contributed by atoms with Crippen LogP contribution in [-0.4, -0.2) is 0 Å². The molecular weight excluding hydrogens is 577 g/mol. The van der Waals surface area contributed by atoms with Crippen LogP contribution >= 0.6 is 0 Å². The topological polar surface area (TPSA) is 0 Å². The number of benzene rings is 8. The molecule has 0 saturated carbocycles. The Labute approximate surface area is 283 Å². The summed E-state index contributed by atoms with van der Waals surface area (Å²) in [5.74, 6) is 0. The highest BCUT2D eigenvalue weighted by Crippen LogP contribution is 2.44. The fourth-order valence-corrected chi connectivity index (χ4v) is 7.19. The monoisotopic (exact) mass is 614 g/mol. The van der Waals surface area contributed by atoms with Crippen molar-refractivity contribution >= 4 is 55.2 Å². The third-order valence-electron chi connectivity index (χ3n) is 9.54. The van der Waals surface area contributed by atoms with Crippen LogP contribution in [0.5, 0.6) is 0 Å². The number of rotatable bonds is 5. The van der Waals surface area contributed by atoms with E-state index in [9.17, 15) is 0 Å². The maximum Gasteiger partial charge on any atom is -0.00263 e. The van der Waals surface area contributed by atoms with Crippen molar-refractivity contribution in [1.82, 2.24) is 0 Å². The van der Waals surface area contributed by atoms with E-state index in [1.165, 1.54) is 82.0 Å². The molecule has 0 N–H and O–H groups in total. The summed E-state index contributed by atoms with van der Waals surface area (Å²) in [5.41, 5.74) is 9.68. The maximum absolute atomic E-state index is 4.40. The summed E-state index contributed by atoms with van der Waals surface area (Å²) >= 11 is 0. The fraction of sp³-hybridized carbons (Fsp3) is 0.0833. The highest BCUT2D eigenvalue weighted by molar-refractivity contribution is 6.13. The van der Waals surface area contributed by atoms with Crippen LogP contribution in [0.3, 0.4) is 0 Å². The van der Waals surface area contributed by atoms with Gasteiger partial charge < -0.3 is 0 Å². The zero-order chi connectivity index (χ0) is 32.8. The van der Waals surface area contributed by atoms with E-state index in [0.29, 0.717) is 0 Å². The summed E-state index contributed by atoms with van der Waals surface area (Å²) in [6.07, 6.45) is 6.70. The molecule has 48 heavy (non-hydrogen) atoms. The maximum atomic E-state index is 4.40. The van der Waals surface area contributed by atoms with Gasteiger partial charge in [-0.2, -0.15) is 0 Å². The molecule has 0 unspecified atom stereocenters. The molecule has 8 aromatic rings. The highest BCUT2D eigenvalue weighted by atomic mass is 14.2. The van der Waals surface area contributed by atoms with Crippen LogP contribution in [0.1, 0.15) is 31.9 Å². The molecule has 0 spiro atoms. The van der Waals surface area contributed by atoms with Gasteiger partial charge in [-0.1, -0.05) is 179 Å². The lowest BCUT2D eigenvalue weighted by atomic mass is 9.82. The van der Waals surface area contributed by atoms with Gasteiger partial charge in [-0.05, 0) is 105 Å². The van der Waals surface area contributed by atoms with Crippen molar-refractivity contribution in [1.29, 1.82) is 0 Å². The van der Waals surface area contributed by atoms with Gasteiger partial charge in [0.05, 0.1) is 0 Å². The number of allylic oxidation sites excluding steroid dienone is 1. The molecule has 0 aliphatic carbocycles. The molecule has 8 aromatic carbocycles. The molecule has 0 aromatic heterocycles. The van der Waals surface area contributed by atoms with E-state index in [0.717, 1.165) is 5.56 Å². The van der Waals surface area contributed by atoms with Crippen LogP contribution < -0.4 is 0 Å². The van der Waals surface area contributed by atoms with Gasteiger partial charge in [0.25, 0.3) is 0 Å². The molecule has 8 rings (SSSR count). The number of fused-ring (bicyclic) bond motifs is 5. The third-order valence-corrected chi connectivity index (χ3v) is 9.54. The lowest BCUT2D eigenvalue weighted by Crippen LogP contribution is -2.00. The number of hydrogen-bond donors (Lipinski definition) is 0. The Balaban J connectivity index is 1.31. The van der Waals surface area contributed by atoms with Crippen molar-refractivity contribution < 1.29 is 0 Å². The molecule has 0 saturated heterocycles. The van der Waals surface area contributed by atoms with Gasteiger partial charge in [0.1, 0.15) is 0 Å². The first-order valence-corrected chi connectivity index (χ1v) is 16.8. The Bertz CT molecular complexity index is 2540. The quantitative estimate of drug-likeness (QED) is 0.169. The molecular formula is C48H38. The lowest BCUT2D eigenvalue weighted by molar-refractivity contribution is 0.547. The molecule has 230 valence electrons. The first-order valence-electron chi connectivity index (χ1n) is 16.8. The van der Waals surface area contributed by atoms with Gasteiger partial charge in [-0.3, -0.25) is 0 Å². The Hall–Kier alpha value is -5.72. The van der Waals surface area contributed by atoms with E-state index >= 15 is 0 Å². The van der Waals surface area contributed by atoms with Gasteiger partial charge in [0, 0.05) is 0 Å². The van der Waals surface area contributed by atoms with E-state index in [4.69, 9.17) is 0 Å². The third kappa shape index (κ3) is 5.30. The van der Waals surface area contributed by atoms with Gasteiger partial charge in [-0.25, -0.2) is 0 Å². The Kier molecular flexibility index (Phi) is 7.30. The Morgan fingerprint density at radius 1 is 0.417 bits per heavy atom. The van der Waals surface area contributed by atoms with Crippen molar-refractivity contribution in [2.24, 2.45) is 5.41 Å². The molecule has 0 atom stereocenters. The minimum atomic E-state index is 0.0265. The molecule has 0 bridgehead atoms. The molecule has 0 heteroatoms. The van der Waals surface area contributed by atoms with Gasteiger partial charge in [0.2, 0.25) is 0 Å². The zero-order valence-corrected chi connectivity index (χ0v) is 27.8. The summed E-state index contributed by atoms with van der Waals surface area (Å²) in [4.78, 5) is 0. The van der Waals surface area contributed by atoms with Crippen LogP contribution in [-0.2, 0) is 0 Å². The average Bonchev–Trinajstić information content (AvgIpc) is 3.12. The fourth-order valence-electron chi connectivity index (χ4n) is 7.19. The molecule has 0 nitrogen and oxygen atoms in total. The van der Waals surface area contributed by atoms with E-state index in [2.05, 4.69) is 191 Å². The van der Waals surface area contributed by atoms with Crippen LogP contribution in [0, 0.1) is 5.41 Å². The van der Waals surface area contributed by atoms with Crippen molar-refractivity contribution in [2.75, 3.05) is 0 Å². The second-order valence-corrected chi connectivity index (χ2v) is 13.9. The van der Waals surface area contributed by atoms with Crippen LogP contribution in [0.15, 0.2) is 158 Å². The van der Waals surface area contributed by atoms with E-state index < -0.39 is 0 Å². The van der Waals surface area contributed by atoms with E-state index in [1.54, 1.807) is 0 Å². The molecule has 0 aliphatic heterocycles. The van der Waals surface area contributed by atoms with Crippen molar-refractivity contribution in [3.05, 3.63) is 169 Å². The predicted molar refractivity (Wildman–Crippen MR) is 211 cm³/mol. The Morgan fingerprint density at radius 3 is 1.62 bits per heavy atom. The lowest BCUT2D eigenvalue weighted by Gasteiger charge is -2.22.